The summed E-state index contributed by atoms with van der Waals surface area (Å²) < 4.78 is 9.56. The zero-order valence-electron chi connectivity index (χ0n) is 9.21. The highest BCUT2D eigenvalue weighted by Gasteiger charge is 1.99. The fourth-order valence-electron chi connectivity index (χ4n) is 1.12. The molecule has 0 saturated carbocycles. The van der Waals surface area contributed by atoms with Gasteiger partial charge in [-0.3, -0.25) is 0 Å². The molecule has 0 fully saturated rings. The Bertz CT molecular complexity index is 382. The lowest BCUT2D eigenvalue weighted by atomic mass is 10.2. The average Bonchev–Trinajstić information content (AvgIpc) is 2.25. The molecule has 0 spiro atoms. The number of hydrogen-bond donors (Lipinski definition) is 1. The monoisotopic (exact) mass is 222 g/mol. The molecule has 1 unspecified atom stereocenters. The summed E-state index contributed by atoms with van der Waals surface area (Å²) in [6.07, 6.45) is 2.07. The van der Waals surface area contributed by atoms with Gasteiger partial charge in [0.2, 0.25) is 0 Å². The molecular formula is C12H14O4. The lowest BCUT2D eigenvalue weighted by molar-refractivity contribution is -0.134. The minimum atomic E-state index is -0.861. The standard InChI is InChI=1S/C12H14O4/c1-9(13)16-11-5-3-4-10(8-11)6-7-12(14)15-2/h3-9,13H,1-2H3/b7-6+. The maximum atomic E-state index is 10.9. The van der Waals surface area contributed by atoms with Gasteiger partial charge in [0, 0.05) is 6.08 Å². The highest BCUT2D eigenvalue weighted by molar-refractivity contribution is 5.86. The number of carbonyl (C=O) groups excluding carboxylic acids is 1. The molecule has 0 saturated heterocycles. The maximum Gasteiger partial charge on any atom is 0.330 e. The van der Waals surface area contributed by atoms with E-state index in [-0.39, 0.29) is 0 Å². The van der Waals surface area contributed by atoms with Crippen LogP contribution in [0.5, 0.6) is 5.75 Å². The number of aliphatic hydroxyl groups excluding tert-OH is 1. The van der Waals surface area contributed by atoms with E-state index in [1.54, 1.807) is 24.3 Å². The first-order chi connectivity index (χ1) is 7.61. The van der Waals surface area contributed by atoms with E-state index >= 15 is 0 Å². The topological polar surface area (TPSA) is 55.8 Å². The third-order valence-electron chi connectivity index (χ3n) is 1.78. The van der Waals surface area contributed by atoms with Gasteiger partial charge < -0.3 is 14.6 Å². The Labute approximate surface area is 94.1 Å². The summed E-state index contributed by atoms with van der Waals surface area (Å²) in [6, 6.07) is 7.03. The lowest BCUT2D eigenvalue weighted by Crippen LogP contribution is -2.09. The van der Waals surface area contributed by atoms with Crippen molar-refractivity contribution in [3.63, 3.8) is 0 Å². The van der Waals surface area contributed by atoms with Crippen molar-refractivity contribution in [2.24, 2.45) is 0 Å². The zero-order chi connectivity index (χ0) is 12.0. The van der Waals surface area contributed by atoms with Gasteiger partial charge in [0.1, 0.15) is 5.75 Å². The molecule has 4 heteroatoms. The molecule has 0 aliphatic carbocycles. The number of ether oxygens (including phenoxy) is 2. The SMILES string of the molecule is COC(=O)/C=C/c1cccc(OC(C)O)c1. The van der Waals surface area contributed by atoms with Crippen LogP contribution in [0.1, 0.15) is 12.5 Å². The van der Waals surface area contributed by atoms with Crippen LogP contribution >= 0.6 is 0 Å². The second kappa shape index (κ2) is 5.92. The molecule has 0 aliphatic heterocycles. The third-order valence-corrected chi connectivity index (χ3v) is 1.78. The summed E-state index contributed by atoms with van der Waals surface area (Å²) in [5, 5.41) is 9.04. The van der Waals surface area contributed by atoms with E-state index in [4.69, 9.17) is 9.84 Å². The van der Waals surface area contributed by atoms with Crippen molar-refractivity contribution in [2.45, 2.75) is 13.2 Å². The summed E-state index contributed by atoms with van der Waals surface area (Å²) in [4.78, 5) is 10.9. The molecule has 0 heterocycles. The van der Waals surface area contributed by atoms with Gasteiger partial charge in [-0.1, -0.05) is 12.1 Å². The summed E-state index contributed by atoms with van der Waals surface area (Å²) in [6.45, 7) is 1.52. The molecule has 0 aliphatic rings. The summed E-state index contributed by atoms with van der Waals surface area (Å²) in [5.41, 5.74) is 0.795. The lowest BCUT2D eigenvalue weighted by Gasteiger charge is -2.08. The smallest absolute Gasteiger partial charge is 0.330 e. The molecule has 0 aromatic heterocycles. The molecule has 16 heavy (non-hydrogen) atoms. The first-order valence-electron chi connectivity index (χ1n) is 4.82. The van der Waals surface area contributed by atoms with Gasteiger partial charge in [0.25, 0.3) is 0 Å². The van der Waals surface area contributed by atoms with Crippen molar-refractivity contribution >= 4 is 12.0 Å². The fraction of sp³-hybridized carbons (Fsp3) is 0.250. The van der Waals surface area contributed by atoms with E-state index in [0.29, 0.717) is 5.75 Å². The van der Waals surface area contributed by atoms with Crippen LogP contribution in [0.2, 0.25) is 0 Å². The number of methoxy groups -OCH3 is 1. The predicted molar refractivity (Wildman–Crippen MR) is 59.8 cm³/mol. The highest BCUT2D eigenvalue weighted by Crippen LogP contribution is 2.15. The van der Waals surface area contributed by atoms with Crippen LogP contribution in [-0.4, -0.2) is 24.5 Å². The molecular weight excluding hydrogens is 208 g/mol. The summed E-state index contributed by atoms with van der Waals surface area (Å²) >= 11 is 0. The fourth-order valence-corrected chi connectivity index (χ4v) is 1.12. The number of esters is 1. The molecule has 1 aromatic carbocycles. The van der Waals surface area contributed by atoms with Gasteiger partial charge in [-0.05, 0) is 30.7 Å². The van der Waals surface area contributed by atoms with Gasteiger partial charge >= 0.3 is 5.97 Å². The maximum absolute atomic E-state index is 10.9. The average molecular weight is 222 g/mol. The Hall–Kier alpha value is -1.81. The molecule has 0 bridgehead atoms. The zero-order valence-corrected chi connectivity index (χ0v) is 9.21. The summed E-state index contributed by atoms with van der Waals surface area (Å²) in [7, 11) is 1.32. The van der Waals surface area contributed by atoms with Gasteiger partial charge in [-0.25, -0.2) is 4.79 Å². The van der Waals surface area contributed by atoms with Gasteiger partial charge in [0.15, 0.2) is 6.29 Å². The van der Waals surface area contributed by atoms with Crippen molar-refractivity contribution in [1.82, 2.24) is 0 Å². The first-order valence-corrected chi connectivity index (χ1v) is 4.82. The Kier molecular flexibility index (Phi) is 4.54. The predicted octanol–water partition coefficient (Wildman–Crippen LogP) is 1.59. The van der Waals surface area contributed by atoms with E-state index < -0.39 is 12.3 Å². The number of aliphatic hydroxyl groups is 1. The second-order valence-electron chi connectivity index (χ2n) is 3.15. The van der Waals surface area contributed by atoms with Gasteiger partial charge in [-0.15, -0.1) is 0 Å². The van der Waals surface area contributed by atoms with E-state index in [1.807, 2.05) is 6.07 Å². The van der Waals surface area contributed by atoms with Gasteiger partial charge in [0.05, 0.1) is 7.11 Å². The van der Waals surface area contributed by atoms with Gasteiger partial charge in [-0.2, -0.15) is 0 Å². The number of rotatable bonds is 4. The summed E-state index contributed by atoms with van der Waals surface area (Å²) in [5.74, 6) is 0.129. The second-order valence-corrected chi connectivity index (χ2v) is 3.15. The Morgan fingerprint density at radius 3 is 2.88 bits per heavy atom. The Morgan fingerprint density at radius 2 is 2.25 bits per heavy atom. The van der Waals surface area contributed by atoms with E-state index in [2.05, 4.69) is 4.74 Å². The van der Waals surface area contributed by atoms with Crippen molar-refractivity contribution in [3.05, 3.63) is 35.9 Å². The molecule has 0 radical (unpaired) electrons. The van der Waals surface area contributed by atoms with Crippen LogP contribution in [0.25, 0.3) is 6.08 Å². The van der Waals surface area contributed by atoms with E-state index in [1.165, 1.54) is 20.1 Å². The van der Waals surface area contributed by atoms with Crippen molar-refractivity contribution in [1.29, 1.82) is 0 Å². The molecule has 1 aromatic rings. The third kappa shape index (κ3) is 4.14. The van der Waals surface area contributed by atoms with Crippen LogP contribution in [0.4, 0.5) is 0 Å². The molecule has 1 rings (SSSR count). The quantitative estimate of drug-likeness (QED) is 0.477. The molecule has 0 amide bonds. The molecule has 1 atom stereocenters. The largest absolute Gasteiger partial charge is 0.466 e. The minimum absolute atomic E-state index is 0.415. The van der Waals surface area contributed by atoms with Crippen LogP contribution in [0.3, 0.4) is 0 Å². The van der Waals surface area contributed by atoms with E-state index in [9.17, 15) is 4.79 Å². The van der Waals surface area contributed by atoms with Crippen molar-refractivity contribution in [2.75, 3.05) is 7.11 Å². The Balaban J connectivity index is 2.74. The molecule has 86 valence electrons. The minimum Gasteiger partial charge on any atom is -0.466 e. The normalized spacial score (nSPS) is 12.4. The van der Waals surface area contributed by atoms with Crippen LogP contribution in [0.15, 0.2) is 30.3 Å². The highest BCUT2D eigenvalue weighted by atomic mass is 16.6. The van der Waals surface area contributed by atoms with Crippen LogP contribution in [-0.2, 0) is 9.53 Å². The number of benzene rings is 1. The molecule has 1 N–H and O–H groups in total. The first kappa shape index (κ1) is 12.3. The van der Waals surface area contributed by atoms with E-state index in [0.717, 1.165) is 5.56 Å². The van der Waals surface area contributed by atoms with Crippen LogP contribution < -0.4 is 4.74 Å². The molecule has 4 nitrogen and oxygen atoms in total. The number of carbonyl (C=O) groups is 1. The number of hydrogen-bond acceptors (Lipinski definition) is 4. The Morgan fingerprint density at radius 1 is 1.50 bits per heavy atom. The van der Waals surface area contributed by atoms with Crippen molar-refractivity contribution in [3.8, 4) is 5.75 Å². The van der Waals surface area contributed by atoms with Crippen molar-refractivity contribution < 1.29 is 19.4 Å². The van der Waals surface area contributed by atoms with Crippen LogP contribution in [0, 0.1) is 0 Å².